The molecule has 0 unspecified atom stereocenters. The normalized spacial score (nSPS) is 14.9. The molecule has 2 N–H and O–H groups in total. The highest BCUT2D eigenvalue weighted by Crippen LogP contribution is 2.23. The summed E-state index contributed by atoms with van der Waals surface area (Å²) in [6.45, 7) is 6.67. The van der Waals surface area contributed by atoms with E-state index in [-0.39, 0.29) is 6.03 Å². The molecule has 144 valence electrons. The maximum atomic E-state index is 12.4. The van der Waals surface area contributed by atoms with Crippen LogP contribution in [0.5, 0.6) is 0 Å². The van der Waals surface area contributed by atoms with Gasteiger partial charge < -0.3 is 25.2 Å². The summed E-state index contributed by atoms with van der Waals surface area (Å²) in [5, 5.41) is 5.84. The van der Waals surface area contributed by atoms with E-state index in [4.69, 9.17) is 4.74 Å². The quantitative estimate of drug-likeness (QED) is 0.848. The van der Waals surface area contributed by atoms with Crippen LogP contribution in [0.1, 0.15) is 11.1 Å². The summed E-state index contributed by atoms with van der Waals surface area (Å²) in [5.74, 6) is 0. The van der Waals surface area contributed by atoms with Crippen molar-refractivity contribution in [2.45, 2.75) is 13.5 Å². The Balaban J connectivity index is 1.66. The van der Waals surface area contributed by atoms with E-state index in [2.05, 4.69) is 40.5 Å². The minimum atomic E-state index is -0.250. The average molecular weight is 368 g/mol. The van der Waals surface area contributed by atoms with Gasteiger partial charge in [-0.05, 0) is 55.4 Å². The molecular formula is C21H28N4O2. The Bertz CT molecular complexity index is 786. The van der Waals surface area contributed by atoms with Crippen molar-refractivity contribution in [3.05, 3.63) is 53.6 Å². The number of amides is 2. The van der Waals surface area contributed by atoms with Crippen LogP contribution in [-0.2, 0) is 11.3 Å². The Labute approximate surface area is 161 Å². The third-order valence-corrected chi connectivity index (χ3v) is 4.68. The lowest BCUT2D eigenvalue weighted by atomic mass is 10.1. The molecule has 27 heavy (non-hydrogen) atoms. The number of hydrogen-bond acceptors (Lipinski definition) is 4. The fraction of sp³-hybridized carbons (Fsp3) is 0.381. The molecule has 2 aromatic rings. The van der Waals surface area contributed by atoms with Gasteiger partial charge in [0, 0.05) is 50.4 Å². The SMILES string of the molecule is COCc1cccc(NC(=O)Nc2cc(C)cc(N3CCN(C)CC3)c2)c1. The summed E-state index contributed by atoms with van der Waals surface area (Å²) in [7, 11) is 3.80. The van der Waals surface area contributed by atoms with Crippen molar-refractivity contribution in [2.75, 3.05) is 55.9 Å². The van der Waals surface area contributed by atoms with Crippen LogP contribution in [0.2, 0.25) is 0 Å². The van der Waals surface area contributed by atoms with Gasteiger partial charge in [-0.25, -0.2) is 4.79 Å². The predicted molar refractivity (Wildman–Crippen MR) is 111 cm³/mol. The lowest BCUT2D eigenvalue weighted by Gasteiger charge is -2.34. The zero-order valence-electron chi connectivity index (χ0n) is 16.3. The van der Waals surface area contributed by atoms with Crippen molar-refractivity contribution >= 4 is 23.1 Å². The van der Waals surface area contributed by atoms with E-state index in [0.717, 1.165) is 54.4 Å². The molecule has 2 amide bonds. The van der Waals surface area contributed by atoms with E-state index in [1.165, 1.54) is 0 Å². The second kappa shape index (κ2) is 8.88. The smallest absolute Gasteiger partial charge is 0.323 e. The summed E-state index contributed by atoms with van der Waals surface area (Å²) < 4.78 is 5.14. The molecule has 6 nitrogen and oxygen atoms in total. The number of hydrogen-bond donors (Lipinski definition) is 2. The van der Waals surface area contributed by atoms with E-state index in [0.29, 0.717) is 6.61 Å². The second-order valence-corrected chi connectivity index (χ2v) is 7.06. The van der Waals surface area contributed by atoms with Crippen LogP contribution in [0.25, 0.3) is 0 Å². The number of aryl methyl sites for hydroxylation is 1. The van der Waals surface area contributed by atoms with Crippen molar-refractivity contribution in [3.8, 4) is 0 Å². The van der Waals surface area contributed by atoms with E-state index in [1.807, 2.05) is 36.4 Å². The number of piperazine rings is 1. The largest absolute Gasteiger partial charge is 0.380 e. The van der Waals surface area contributed by atoms with Gasteiger partial charge in [0.1, 0.15) is 0 Å². The van der Waals surface area contributed by atoms with Crippen molar-refractivity contribution in [1.29, 1.82) is 0 Å². The molecule has 1 fully saturated rings. The summed E-state index contributed by atoms with van der Waals surface area (Å²) in [6.07, 6.45) is 0. The molecule has 6 heteroatoms. The van der Waals surface area contributed by atoms with Crippen molar-refractivity contribution in [3.63, 3.8) is 0 Å². The lowest BCUT2D eigenvalue weighted by molar-refractivity contribution is 0.185. The number of carbonyl (C=O) groups excluding carboxylic acids is 1. The van der Waals surface area contributed by atoms with Crippen molar-refractivity contribution < 1.29 is 9.53 Å². The van der Waals surface area contributed by atoms with Gasteiger partial charge in [-0.2, -0.15) is 0 Å². The predicted octanol–water partition coefficient (Wildman–Crippen LogP) is 3.54. The van der Waals surface area contributed by atoms with Crippen LogP contribution >= 0.6 is 0 Å². The zero-order valence-corrected chi connectivity index (χ0v) is 16.3. The molecule has 0 spiro atoms. The zero-order chi connectivity index (χ0) is 19.2. The van der Waals surface area contributed by atoms with Crippen LogP contribution in [0.15, 0.2) is 42.5 Å². The fourth-order valence-electron chi connectivity index (χ4n) is 3.28. The van der Waals surface area contributed by atoms with Gasteiger partial charge in [-0.3, -0.25) is 0 Å². The fourth-order valence-corrected chi connectivity index (χ4v) is 3.28. The van der Waals surface area contributed by atoms with E-state index in [9.17, 15) is 4.79 Å². The molecule has 0 radical (unpaired) electrons. The number of carbonyl (C=O) groups is 1. The highest BCUT2D eigenvalue weighted by atomic mass is 16.5. The Morgan fingerprint density at radius 2 is 1.78 bits per heavy atom. The molecule has 0 bridgehead atoms. The number of rotatable bonds is 5. The van der Waals surface area contributed by atoms with Gasteiger partial charge in [0.25, 0.3) is 0 Å². The van der Waals surface area contributed by atoms with Gasteiger partial charge in [-0.15, -0.1) is 0 Å². The maximum Gasteiger partial charge on any atom is 0.323 e. The number of nitrogens with one attached hydrogen (secondary N) is 2. The molecule has 1 aliphatic rings. The van der Waals surface area contributed by atoms with E-state index in [1.54, 1.807) is 7.11 Å². The highest BCUT2D eigenvalue weighted by molar-refractivity contribution is 6.00. The molecule has 0 atom stereocenters. The first kappa shape index (κ1) is 19.2. The van der Waals surface area contributed by atoms with Gasteiger partial charge in [0.2, 0.25) is 0 Å². The third-order valence-electron chi connectivity index (χ3n) is 4.68. The van der Waals surface area contributed by atoms with Gasteiger partial charge >= 0.3 is 6.03 Å². The molecule has 0 aromatic heterocycles. The van der Waals surface area contributed by atoms with E-state index < -0.39 is 0 Å². The standard InChI is InChI=1S/C21H28N4O2/c1-16-11-19(14-20(12-16)25-9-7-24(2)8-10-25)23-21(26)22-18-6-4-5-17(13-18)15-27-3/h4-6,11-14H,7-10,15H2,1-3H3,(H2,22,23,26). The van der Waals surface area contributed by atoms with Crippen LogP contribution in [-0.4, -0.2) is 51.3 Å². The van der Waals surface area contributed by atoms with Crippen molar-refractivity contribution in [2.24, 2.45) is 0 Å². The van der Waals surface area contributed by atoms with Gasteiger partial charge in [0.15, 0.2) is 0 Å². The topological polar surface area (TPSA) is 56.8 Å². The third kappa shape index (κ3) is 5.45. The molecule has 0 saturated carbocycles. The number of urea groups is 1. The number of benzene rings is 2. The molecule has 1 aliphatic heterocycles. The minimum Gasteiger partial charge on any atom is -0.380 e. The maximum absolute atomic E-state index is 12.4. The van der Waals surface area contributed by atoms with Gasteiger partial charge in [0.05, 0.1) is 6.61 Å². The van der Waals surface area contributed by atoms with E-state index >= 15 is 0 Å². The number of methoxy groups -OCH3 is 1. The number of nitrogens with zero attached hydrogens (tertiary/aromatic N) is 2. The van der Waals surface area contributed by atoms with Crippen LogP contribution in [0, 0.1) is 6.92 Å². The Morgan fingerprint density at radius 1 is 1.04 bits per heavy atom. The van der Waals surface area contributed by atoms with Gasteiger partial charge in [-0.1, -0.05) is 12.1 Å². The molecule has 2 aromatic carbocycles. The number of likely N-dealkylation sites (N-methyl/N-ethyl adjacent to an activating group) is 1. The molecule has 0 aliphatic carbocycles. The number of anilines is 3. The Morgan fingerprint density at radius 3 is 2.52 bits per heavy atom. The first-order valence-electron chi connectivity index (χ1n) is 9.24. The summed E-state index contributed by atoms with van der Waals surface area (Å²) in [5.41, 5.74) is 4.84. The summed E-state index contributed by atoms with van der Waals surface area (Å²) >= 11 is 0. The Kier molecular flexibility index (Phi) is 6.32. The molecule has 3 rings (SSSR count). The first-order chi connectivity index (χ1) is 13.0. The second-order valence-electron chi connectivity index (χ2n) is 7.06. The average Bonchev–Trinajstić information content (AvgIpc) is 2.62. The van der Waals surface area contributed by atoms with Crippen molar-refractivity contribution in [1.82, 2.24) is 4.90 Å². The highest BCUT2D eigenvalue weighted by Gasteiger charge is 2.15. The lowest BCUT2D eigenvalue weighted by Crippen LogP contribution is -2.44. The van der Waals surface area contributed by atoms with Crippen LogP contribution in [0.4, 0.5) is 21.9 Å². The molecule has 1 saturated heterocycles. The van der Waals surface area contributed by atoms with Crippen LogP contribution < -0.4 is 15.5 Å². The van der Waals surface area contributed by atoms with Crippen LogP contribution in [0.3, 0.4) is 0 Å². The minimum absolute atomic E-state index is 0.250. The monoisotopic (exact) mass is 368 g/mol. The molecular weight excluding hydrogens is 340 g/mol. The molecule has 1 heterocycles. The summed E-state index contributed by atoms with van der Waals surface area (Å²) in [6, 6.07) is 13.6. The Hall–Kier alpha value is -2.57. The summed E-state index contributed by atoms with van der Waals surface area (Å²) in [4.78, 5) is 17.1. The number of ether oxygens (including phenoxy) is 1. The first-order valence-corrected chi connectivity index (χ1v) is 9.24.